The summed E-state index contributed by atoms with van der Waals surface area (Å²) >= 11 is 3.42. The van der Waals surface area contributed by atoms with Crippen LogP contribution in [0.3, 0.4) is 0 Å². The van der Waals surface area contributed by atoms with Gasteiger partial charge in [-0.25, -0.2) is 8.78 Å². The highest BCUT2D eigenvalue weighted by Gasteiger charge is 2.06. The Balaban J connectivity index is 2.05. The maximum absolute atomic E-state index is 13.1. The molecule has 0 heterocycles. The lowest BCUT2D eigenvalue weighted by atomic mass is 10.1. The van der Waals surface area contributed by atoms with Gasteiger partial charge in [0.1, 0.15) is 12.4 Å². The van der Waals surface area contributed by atoms with E-state index < -0.39 is 11.6 Å². The van der Waals surface area contributed by atoms with Gasteiger partial charge in [0.15, 0.2) is 11.6 Å². The fraction of sp³-hybridized carbons (Fsp3) is 0.200. The standard InChI is InChI=1S/C15H14BrF2NO/c16-12-7-10(5-6-19)2-4-15(12)20-9-11-1-3-13(17)14(18)8-11/h1-4,7-8H,5-6,9,19H2. The molecule has 0 radical (unpaired) electrons. The molecule has 0 spiro atoms. The first-order chi connectivity index (χ1) is 9.60. The molecule has 0 saturated heterocycles. The minimum Gasteiger partial charge on any atom is -0.488 e. The van der Waals surface area contributed by atoms with Crippen molar-refractivity contribution in [3.05, 3.63) is 63.6 Å². The maximum Gasteiger partial charge on any atom is 0.159 e. The third-order valence-electron chi connectivity index (χ3n) is 2.81. The summed E-state index contributed by atoms with van der Waals surface area (Å²) in [5.74, 6) is -1.08. The number of ether oxygens (including phenoxy) is 1. The highest BCUT2D eigenvalue weighted by atomic mass is 79.9. The smallest absolute Gasteiger partial charge is 0.159 e. The van der Waals surface area contributed by atoms with Crippen LogP contribution in [-0.2, 0) is 13.0 Å². The summed E-state index contributed by atoms with van der Waals surface area (Å²) in [5, 5.41) is 0. The fourth-order valence-electron chi connectivity index (χ4n) is 1.77. The Morgan fingerprint density at radius 3 is 2.40 bits per heavy atom. The molecule has 0 aromatic heterocycles. The Hall–Kier alpha value is -1.46. The highest BCUT2D eigenvalue weighted by molar-refractivity contribution is 9.10. The Labute approximate surface area is 124 Å². The van der Waals surface area contributed by atoms with Crippen molar-refractivity contribution in [2.75, 3.05) is 6.54 Å². The summed E-state index contributed by atoms with van der Waals surface area (Å²) < 4.78 is 32.3. The summed E-state index contributed by atoms with van der Waals surface area (Å²) in [7, 11) is 0. The van der Waals surface area contributed by atoms with E-state index in [9.17, 15) is 8.78 Å². The second-order valence-corrected chi connectivity index (χ2v) is 5.19. The molecule has 0 fully saturated rings. The average molecular weight is 342 g/mol. The summed E-state index contributed by atoms with van der Waals surface area (Å²) in [5.41, 5.74) is 7.18. The quantitative estimate of drug-likeness (QED) is 0.897. The van der Waals surface area contributed by atoms with Crippen molar-refractivity contribution in [1.29, 1.82) is 0 Å². The number of halogens is 3. The molecule has 5 heteroatoms. The van der Waals surface area contributed by atoms with Crippen LogP contribution in [0.4, 0.5) is 8.78 Å². The van der Waals surface area contributed by atoms with E-state index in [1.54, 1.807) is 0 Å². The topological polar surface area (TPSA) is 35.2 Å². The molecular formula is C15H14BrF2NO. The molecule has 0 aliphatic carbocycles. The largest absolute Gasteiger partial charge is 0.488 e. The first-order valence-electron chi connectivity index (χ1n) is 6.15. The van der Waals surface area contributed by atoms with Crippen molar-refractivity contribution in [2.24, 2.45) is 5.73 Å². The van der Waals surface area contributed by atoms with Crippen LogP contribution in [-0.4, -0.2) is 6.54 Å². The van der Waals surface area contributed by atoms with Gasteiger partial charge in [0, 0.05) is 0 Å². The molecule has 2 N–H and O–H groups in total. The molecule has 2 rings (SSSR count). The Kier molecular flexibility index (Phi) is 5.09. The van der Waals surface area contributed by atoms with E-state index in [1.807, 2.05) is 18.2 Å². The number of hydrogen-bond acceptors (Lipinski definition) is 2. The van der Waals surface area contributed by atoms with E-state index in [-0.39, 0.29) is 6.61 Å². The van der Waals surface area contributed by atoms with E-state index in [0.717, 1.165) is 28.6 Å². The fourth-order valence-corrected chi connectivity index (χ4v) is 2.31. The first kappa shape index (κ1) is 14.9. The van der Waals surface area contributed by atoms with Crippen molar-refractivity contribution in [3.63, 3.8) is 0 Å². The van der Waals surface area contributed by atoms with Crippen LogP contribution in [0.2, 0.25) is 0 Å². The van der Waals surface area contributed by atoms with E-state index in [4.69, 9.17) is 10.5 Å². The molecule has 106 valence electrons. The van der Waals surface area contributed by atoms with Gasteiger partial charge in [-0.2, -0.15) is 0 Å². The molecule has 2 aromatic carbocycles. The van der Waals surface area contributed by atoms with Crippen molar-refractivity contribution >= 4 is 15.9 Å². The average Bonchev–Trinajstić information content (AvgIpc) is 2.42. The van der Waals surface area contributed by atoms with Gasteiger partial charge < -0.3 is 10.5 Å². The van der Waals surface area contributed by atoms with Gasteiger partial charge in [0.2, 0.25) is 0 Å². The van der Waals surface area contributed by atoms with Gasteiger partial charge >= 0.3 is 0 Å². The van der Waals surface area contributed by atoms with E-state index in [0.29, 0.717) is 17.9 Å². The van der Waals surface area contributed by atoms with Crippen LogP contribution >= 0.6 is 15.9 Å². The van der Waals surface area contributed by atoms with Gasteiger partial charge in [0.05, 0.1) is 4.47 Å². The molecule has 20 heavy (non-hydrogen) atoms. The molecule has 0 aliphatic rings. The predicted octanol–water partition coefficient (Wildman–Crippen LogP) is 3.81. The van der Waals surface area contributed by atoms with E-state index >= 15 is 0 Å². The molecule has 2 aromatic rings. The van der Waals surface area contributed by atoms with Crippen LogP contribution in [0, 0.1) is 11.6 Å². The van der Waals surface area contributed by atoms with Gasteiger partial charge in [0.25, 0.3) is 0 Å². The van der Waals surface area contributed by atoms with E-state index in [2.05, 4.69) is 15.9 Å². The Bertz CT molecular complexity index is 604. The molecule has 0 bridgehead atoms. The number of nitrogens with two attached hydrogens (primary N) is 1. The molecule has 0 aliphatic heterocycles. The number of hydrogen-bond donors (Lipinski definition) is 1. The second kappa shape index (κ2) is 6.81. The minimum absolute atomic E-state index is 0.173. The number of benzene rings is 2. The Morgan fingerprint density at radius 1 is 1.00 bits per heavy atom. The van der Waals surface area contributed by atoms with Crippen molar-refractivity contribution < 1.29 is 13.5 Å². The lowest BCUT2D eigenvalue weighted by Crippen LogP contribution is -2.03. The van der Waals surface area contributed by atoms with Gasteiger partial charge in [-0.15, -0.1) is 0 Å². The zero-order chi connectivity index (χ0) is 14.5. The lowest BCUT2D eigenvalue weighted by molar-refractivity contribution is 0.303. The molecule has 0 saturated carbocycles. The molecule has 0 amide bonds. The van der Waals surface area contributed by atoms with Gasteiger partial charge in [-0.1, -0.05) is 12.1 Å². The molecular weight excluding hydrogens is 328 g/mol. The summed E-state index contributed by atoms with van der Waals surface area (Å²) in [6.07, 6.45) is 0.794. The van der Waals surface area contributed by atoms with Crippen LogP contribution in [0.1, 0.15) is 11.1 Å². The third-order valence-corrected chi connectivity index (χ3v) is 3.43. The number of rotatable bonds is 5. The third kappa shape index (κ3) is 3.77. The lowest BCUT2D eigenvalue weighted by Gasteiger charge is -2.10. The summed E-state index contributed by atoms with van der Waals surface area (Å²) in [6.45, 7) is 0.757. The normalized spacial score (nSPS) is 10.6. The van der Waals surface area contributed by atoms with Gasteiger partial charge in [-0.05, 0) is 64.3 Å². The zero-order valence-corrected chi connectivity index (χ0v) is 12.3. The summed E-state index contributed by atoms with van der Waals surface area (Å²) in [4.78, 5) is 0. The second-order valence-electron chi connectivity index (χ2n) is 4.34. The monoisotopic (exact) mass is 341 g/mol. The first-order valence-corrected chi connectivity index (χ1v) is 6.94. The van der Waals surface area contributed by atoms with Crippen LogP contribution < -0.4 is 10.5 Å². The van der Waals surface area contributed by atoms with Crippen molar-refractivity contribution in [1.82, 2.24) is 0 Å². The molecule has 0 unspecified atom stereocenters. The molecule has 2 nitrogen and oxygen atoms in total. The minimum atomic E-state index is -0.872. The van der Waals surface area contributed by atoms with Gasteiger partial charge in [-0.3, -0.25) is 0 Å². The predicted molar refractivity (Wildman–Crippen MR) is 77.6 cm³/mol. The summed E-state index contributed by atoms with van der Waals surface area (Å²) in [6, 6.07) is 9.41. The Morgan fingerprint density at radius 2 is 1.75 bits per heavy atom. The zero-order valence-electron chi connectivity index (χ0n) is 10.7. The SMILES string of the molecule is NCCc1ccc(OCc2ccc(F)c(F)c2)c(Br)c1. The maximum atomic E-state index is 13.1. The van der Waals surface area contributed by atoms with Crippen LogP contribution in [0.5, 0.6) is 5.75 Å². The van der Waals surface area contributed by atoms with E-state index in [1.165, 1.54) is 6.07 Å². The van der Waals surface area contributed by atoms with Crippen molar-refractivity contribution in [3.8, 4) is 5.75 Å². The van der Waals surface area contributed by atoms with Crippen LogP contribution in [0.15, 0.2) is 40.9 Å². The van der Waals surface area contributed by atoms with Crippen molar-refractivity contribution in [2.45, 2.75) is 13.0 Å². The highest BCUT2D eigenvalue weighted by Crippen LogP contribution is 2.27. The molecule has 0 atom stereocenters. The van der Waals surface area contributed by atoms with Crippen LogP contribution in [0.25, 0.3) is 0 Å².